The number of anilines is 1. The van der Waals surface area contributed by atoms with Gasteiger partial charge in [-0.05, 0) is 36.4 Å². The number of methoxy groups -OCH3 is 3. The van der Waals surface area contributed by atoms with Crippen LogP contribution >= 0.6 is 0 Å². The van der Waals surface area contributed by atoms with Crippen LogP contribution in [-0.4, -0.2) is 36.8 Å². The van der Waals surface area contributed by atoms with Crippen LogP contribution in [0.1, 0.15) is 0 Å². The maximum Gasteiger partial charge on any atom is 0.264 e. The van der Waals surface area contributed by atoms with Gasteiger partial charge in [-0.15, -0.1) is 0 Å². The SMILES string of the molecule is COc1ccc(S(=O)(=O)N(C)c2cc(OC)ccc2OC)cc1. The number of hydrogen-bond acceptors (Lipinski definition) is 5. The highest BCUT2D eigenvalue weighted by Crippen LogP contribution is 2.34. The number of benzene rings is 2. The summed E-state index contributed by atoms with van der Waals surface area (Å²) in [6, 6.07) is 11.2. The van der Waals surface area contributed by atoms with Crippen LogP contribution in [0.3, 0.4) is 0 Å². The summed E-state index contributed by atoms with van der Waals surface area (Å²) in [7, 11) is 2.26. The summed E-state index contributed by atoms with van der Waals surface area (Å²) >= 11 is 0. The summed E-state index contributed by atoms with van der Waals surface area (Å²) in [5.74, 6) is 1.56. The lowest BCUT2D eigenvalue weighted by Gasteiger charge is -2.22. The molecule has 0 atom stereocenters. The van der Waals surface area contributed by atoms with Crippen molar-refractivity contribution in [3.63, 3.8) is 0 Å². The highest BCUT2D eigenvalue weighted by molar-refractivity contribution is 7.92. The molecule has 0 radical (unpaired) electrons. The second kappa shape index (κ2) is 6.78. The van der Waals surface area contributed by atoms with E-state index in [2.05, 4.69) is 0 Å². The van der Waals surface area contributed by atoms with Crippen molar-refractivity contribution in [3.05, 3.63) is 42.5 Å². The first-order chi connectivity index (χ1) is 10.9. The molecule has 0 spiro atoms. The molecule has 7 heteroatoms. The largest absolute Gasteiger partial charge is 0.497 e. The zero-order valence-electron chi connectivity index (χ0n) is 13.4. The summed E-state index contributed by atoms with van der Waals surface area (Å²) in [6.45, 7) is 0. The zero-order valence-corrected chi connectivity index (χ0v) is 14.3. The maximum absolute atomic E-state index is 12.8. The molecule has 0 saturated carbocycles. The Morgan fingerprint density at radius 2 is 1.39 bits per heavy atom. The molecule has 23 heavy (non-hydrogen) atoms. The van der Waals surface area contributed by atoms with Gasteiger partial charge in [-0.1, -0.05) is 0 Å². The Morgan fingerprint density at radius 3 is 1.91 bits per heavy atom. The molecule has 2 aromatic carbocycles. The first kappa shape index (κ1) is 17.0. The average Bonchev–Trinajstić information content (AvgIpc) is 2.60. The minimum Gasteiger partial charge on any atom is -0.497 e. The first-order valence-corrected chi connectivity index (χ1v) is 8.23. The van der Waals surface area contributed by atoms with Gasteiger partial charge in [0.2, 0.25) is 0 Å². The van der Waals surface area contributed by atoms with E-state index in [0.717, 1.165) is 4.31 Å². The molecule has 0 aromatic heterocycles. The molecular weight excluding hydrogens is 318 g/mol. The van der Waals surface area contributed by atoms with Crippen molar-refractivity contribution >= 4 is 15.7 Å². The standard InChI is InChI=1S/C16H19NO5S/c1-17(15-11-13(21-3)7-10-16(15)22-4)23(18,19)14-8-5-12(20-2)6-9-14/h5-11H,1-4H3. The molecule has 0 amide bonds. The van der Waals surface area contributed by atoms with E-state index in [1.807, 2.05) is 0 Å². The summed E-state index contributed by atoms with van der Waals surface area (Å²) in [4.78, 5) is 0.158. The molecule has 124 valence electrons. The smallest absolute Gasteiger partial charge is 0.264 e. The first-order valence-electron chi connectivity index (χ1n) is 6.79. The van der Waals surface area contributed by atoms with Crippen molar-refractivity contribution in [1.82, 2.24) is 0 Å². The van der Waals surface area contributed by atoms with E-state index >= 15 is 0 Å². The Bertz CT molecular complexity index is 772. The molecular formula is C16H19NO5S. The number of sulfonamides is 1. The van der Waals surface area contributed by atoms with Crippen LogP contribution in [-0.2, 0) is 10.0 Å². The lowest BCUT2D eigenvalue weighted by Crippen LogP contribution is -2.27. The topological polar surface area (TPSA) is 65.1 Å². The Labute approximate surface area is 136 Å². The minimum absolute atomic E-state index is 0.158. The molecule has 6 nitrogen and oxygen atoms in total. The predicted octanol–water partition coefficient (Wildman–Crippen LogP) is 2.54. The second-order valence-electron chi connectivity index (χ2n) is 4.69. The number of nitrogens with zero attached hydrogens (tertiary/aromatic N) is 1. The highest BCUT2D eigenvalue weighted by atomic mass is 32.2. The summed E-state index contributed by atoms with van der Waals surface area (Å²) in [5, 5.41) is 0. The van der Waals surface area contributed by atoms with Gasteiger partial charge in [0, 0.05) is 13.1 Å². The van der Waals surface area contributed by atoms with E-state index in [0.29, 0.717) is 22.9 Å². The van der Waals surface area contributed by atoms with Gasteiger partial charge in [-0.2, -0.15) is 0 Å². The third kappa shape index (κ3) is 3.34. The third-order valence-electron chi connectivity index (χ3n) is 3.44. The molecule has 0 aliphatic heterocycles. The molecule has 0 heterocycles. The Kier molecular flexibility index (Phi) is 5.00. The zero-order chi connectivity index (χ0) is 17.0. The Morgan fingerprint density at radius 1 is 0.826 bits per heavy atom. The number of rotatable bonds is 6. The van der Waals surface area contributed by atoms with Crippen LogP contribution in [0.4, 0.5) is 5.69 Å². The van der Waals surface area contributed by atoms with E-state index < -0.39 is 10.0 Å². The van der Waals surface area contributed by atoms with Gasteiger partial charge in [0.1, 0.15) is 17.2 Å². The molecule has 0 bridgehead atoms. The third-order valence-corrected chi connectivity index (χ3v) is 5.23. The van der Waals surface area contributed by atoms with Crippen molar-refractivity contribution in [1.29, 1.82) is 0 Å². The van der Waals surface area contributed by atoms with Gasteiger partial charge in [-0.3, -0.25) is 4.31 Å². The van der Waals surface area contributed by atoms with Gasteiger partial charge >= 0.3 is 0 Å². The number of ether oxygens (including phenoxy) is 3. The van der Waals surface area contributed by atoms with E-state index in [1.54, 1.807) is 30.3 Å². The molecule has 0 N–H and O–H groups in total. The fourth-order valence-electron chi connectivity index (χ4n) is 2.08. The molecule has 0 fully saturated rings. The average molecular weight is 337 g/mol. The van der Waals surface area contributed by atoms with Gasteiger partial charge in [0.15, 0.2) is 0 Å². The van der Waals surface area contributed by atoms with E-state index in [4.69, 9.17) is 14.2 Å². The maximum atomic E-state index is 12.8. The molecule has 0 aliphatic rings. The van der Waals surface area contributed by atoms with Crippen molar-refractivity contribution in [2.75, 3.05) is 32.7 Å². The van der Waals surface area contributed by atoms with Crippen molar-refractivity contribution in [3.8, 4) is 17.2 Å². The lowest BCUT2D eigenvalue weighted by atomic mass is 10.3. The summed E-state index contributed by atoms with van der Waals surface area (Å²) in [5.41, 5.74) is 0.391. The highest BCUT2D eigenvalue weighted by Gasteiger charge is 2.24. The molecule has 0 aliphatic carbocycles. The van der Waals surface area contributed by atoms with Gasteiger partial charge in [0.25, 0.3) is 10.0 Å². The Balaban J connectivity index is 2.46. The van der Waals surface area contributed by atoms with Crippen LogP contribution in [0.5, 0.6) is 17.2 Å². The van der Waals surface area contributed by atoms with Crippen LogP contribution in [0, 0.1) is 0 Å². The predicted molar refractivity (Wildman–Crippen MR) is 88.1 cm³/mol. The fraction of sp³-hybridized carbons (Fsp3) is 0.250. The quantitative estimate of drug-likeness (QED) is 0.810. The number of hydrogen-bond donors (Lipinski definition) is 0. The van der Waals surface area contributed by atoms with Gasteiger partial charge in [-0.25, -0.2) is 8.42 Å². The normalized spacial score (nSPS) is 11.0. The fourth-order valence-corrected chi connectivity index (χ4v) is 3.28. The van der Waals surface area contributed by atoms with Crippen molar-refractivity contribution in [2.24, 2.45) is 0 Å². The van der Waals surface area contributed by atoms with E-state index in [1.165, 1.54) is 40.5 Å². The van der Waals surface area contributed by atoms with E-state index in [9.17, 15) is 8.42 Å². The van der Waals surface area contributed by atoms with Crippen LogP contribution in [0.15, 0.2) is 47.4 Å². The van der Waals surface area contributed by atoms with Gasteiger partial charge < -0.3 is 14.2 Å². The Hall–Kier alpha value is -2.41. The summed E-state index contributed by atoms with van der Waals surface area (Å²) < 4.78 is 42.2. The molecule has 2 rings (SSSR count). The second-order valence-corrected chi connectivity index (χ2v) is 6.66. The van der Waals surface area contributed by atoms with Crippen LogP contribution in [0.2, 0.25) is 0 Å². The van der Waals surface area contributed by atoms with Crippen molar-refractivity contribution in [2.45, 2.75) is 4.90 Å². The minimum atomic E-state index is -3.73. The molecule has 2 aromatic rings. The van der Waals surface area contributed by atoms with Crippen molar-refractivity contribution < 1.29 is 22.6 Å². The molecule has 0 saturated heterocycles. The van der Waals surface area contributed by atoms with Crippen LogP contribution in [0.25, 0.3) is 0 Å². The lowest BCUT2D eigenvalue weighted by molar-refractivity contribution is 0.404. The monoisotopic (exact) mass is 337 g/mol. The van der Waals surface area contributed by atoms with E-state index in [-0.39, 0.29) is 4.90 Å². The summed E-state index contributed by atoms with van der Waals surface area (Å²) in [6.07, 6.45) is 0. The molecule has 0 unspecified atom stereocenters. The van der Waals surface area contributed by atoms with Gasteiger partial charge in [0.05, 0.1) is 31.9 Å². The van der Waals surface area contributed by atoms with Crippen LogP contribution < -0.4 is 18.5 Å².